The lowest BCUT2D eigenvalue weighted by Crippen LogP contribution is -2.42. The van der Waals surface area contributed by atoms with Crippen molar-refractivity contribution in [1.29, 1.82) is 0 Å². The highest BCUT2D eigenvalue weighted by Gasteiger charge is 2.23. The Morgan fingerprint density at radius 1 is 1.11 bits per heavy atom. The Morgan fingerprint density at radius 3 is 2.59 bits per heavy atom. The summed E-state index contributed by atoms with van der Waals surface area (Å²) in [5.74, 6) is -0.689. The van der Waals surface area contributed by atoms with E-state index in [-0.39, 0.29) is 43.8 Å². The molecule has 3 N–H and O–H groups in total. The maximum atomic E-state index is 12.8. The van der Waals surface area contributed by atoms with Crippen molar-refractivity contribution >= 4 is 17.8 Å². The molecule has 3 unspecified atom stereocenters. The molecule has 3 atom stereocenters. The number of hydrogen-bond donors (Lipinski definition) is 3. The van der Waals surface area contributed by atoms with E-state index in [1.165, 1.54) is 0 Å². The number of aliphatic hydroxyl groups is 1. The Bertz CT molecular complexity index is 1040. The molecule has 2 aromatic rings. The van der Waals surface area contributed by atoms with Gasteiger partial charge in [-0.15, -0.1) is 0 Å². The van der Waals surface area contributed by atoms with Crippen molar-refractivity contribution in [3.8, 4) is 5.75 Å². The minimum absolute atomic E-state index is 0.00684. The molecule has 0 spiro atoms. The zero-order chi connectivity index (χ0) is 26.5. The third kappa shape index (κ3) is 10.1. The van der Waals surface area contributed by atoms with Gasteiger partial charge in [0.05, 0.1) is 25.1 Å². The first-order chi connectivity index (χ1) is 17.9. The number of esters is 1. The van der Waals surface area contributed by atoms with Gasteiger partial charge < -0.3 is 25.2 Å². The van der Waals surface area contributed by atoms with E-state index in [0.717, 1.165) is 16.9 Å². The fourth-order valence-corrected chi connectivity index (χ4v) is 4.00. The average molecular weight is 509 g/mol. The summed E-state index contributed by atoms with van der Waals surface area (Å²) in [6.07, 6.45) is 4.83. The van der Waals surface area contributed by atoms with Crippen LogP contribution in [0.3, 0.4) is 0 Å². The first kappa shape index (κ1) is 27.9. The van der Waals surface area contributed by atoms with Gasteiger partial charge in [-0.05, 0) is 49.4 Å². The molecule has 2 amide bonds. The predicted octanol–water partition coefficient (Wildman–Crippen LogP) is 3.08. The van der Waals surface area contributed by atoms with Gasteiger partial charge in [-0.25, -0.2) is 0 Å². The number of benzene rings is 2. The van der Waals surface area contributed by atoms with E-state index in [4.69, 9.17) is 9.47 Å². The van der Waals surface area contributed by atoms with Crippen molar-refractivity contribution in [2.75, 3.05) is 13.2 Å². The number of aliphatic hydroxyl groups excluding tert-OH is 1. The van der Waals surface area contributed by atoms with Crippen molar-refractivity contribution in [3.63, 3.8) is 0 Å². The van der Waals surface area contributed by atoms with Gasteiger partial charge in [0, 0.05) is 12.8 Å². The van der Waals surface area contributed by atoms with Crippen molar-refractivity contribution in [2.45, 2.75) is 57.8 Å². The van der Waals surface area contributed by atoms with E-state index < -0.39 is 18.1 Å². The summed E-state index contributed by atoms with van der Waals surface area (Å²) in [4.78, 5) is 37.2. The fourth-order valence-electron chi connectivity index (χ4n) is 4.00. The summed E-state index contributed by atoms with van der Waals surface area (Å²) in [6, 6.07) is 17.0. The maximum absolute atomic E-state index is 12.8. The van der Waals surface area contributed by atoms with Crippen LogP contribution in [0.15, 0.2) is 66.7 Å². The van der Waals surface area contributed by atoms with Crippen LogP contribution in [0.4, 0.5) is 0 Å². The van der Waals surface area contributed by atoms with Gasteiger partial charge in [0.15, 0.2) is 0 Å². The molecule has 8 nitrogen and oxygen atoms in total. The molecule has 0 bridgehead atoms. The summed E-state index contributed by atoms with van der Waals surface area (Å²) in [7, 11) is 0. The summed E-state index contributed by atoms with van der Waals surface area (Å²) >= 11 is 0. The quantitative estimate of drug-likeness (QED) is 0.354. The van der Waals surface area contributed by atoms with Crippen LogP contribution in [0.2, 0.25) is 0 Å². The zero-order valence-corrected chi connectivity index (χ0v) is 21.2. The Morgan fingerprint density at radius 2 is 1.86 bits per heavy atom. The number of carbonyl (C=O) groups excluding carboxylic acids is 3. The molecular formula is C29H36N2O6. The van der Waals surface area contributed by atoms with Crippen LogP contribution in [0.1, 0.15) is 43.7 Å². The lowest BCUT2D eigenvalue weighted by molar-refractivity contribution is -0.148. The second kappa shape index (κ2) is 14.8. The van der Waals surface area contributed by atoms with Crippen LogP contribution in [0, 0.1) is 5.92 Å². The third-order valence-electron chi connectivity index (χ3n) is 6.04. The molecule has 198 valence electrons. The SMILES string of the molecule is CC1CNC(=O)C(CC(=O)NC(CO)Cc2ccc(OCc3ccccc3)cc2)CC=CCCC(=O)O1. The van der Waals surface area contributed by atoms with Gasteiger partial charge in [0.1, 0.15) is 18.5 Å². The normalized spacial score (nSPS) is 19.5. The molecule has 1 heterocycles. The molecule has 0 aromatic heterocycles. The van der Waals surface area contributed by atoms with Gasteiger partial charge in [-0.3, -0.25) is 14.4 Å². The van der Waals surface area contributed by atoms with Crippen molar-refractivity contribution < 1.29 is 29.0 Å². The summed E-state index contributed by atoms with van der Waals surface area (Å²) in [5.41, 5.74) is 2.03. The van der Waals surface area contributed by atoms with E-state index in [1.807, 2.05) is 66.7 Å². The third-order valence-corrected chi connectivity index (χ3v) is 6.04. The number of cyclic esters (lactones) is 1. The molecule has 0 saturated carbocycles. The van der Waals surface area contributed by atoms with E-state index >= 15 is 0 Å². The Kier molecular flexibility index (Phi) is 11.2. The summed E-state index contributed by atoms with van der Waals surface area (Å²) < 4.78 is 11.1. The molecule has 0 radical (unpaired) electrons. The fraction of sp³-hybridized carbons (Fsp3) is 0.414. The van der Waals surface area contributed by atoms with E-state index in [1.54, 1.807) is 6.92 Å². The number of hydrogen-bond acceptors (Lipinski definition) is 6. The Hall–Kier alpha value is -3.65. The number of amides is 2. The molecule has 0 fully saturated rings. The van der Waals surface area contributed by atoms with Crippen molar-refractivity contribution in [3.05, 3.63) is 77.9 Å². The van der Waals surface area contributed by atoms with E-state index in [2.05, 4.69) is 10.6 Å². The monoisotopic (exact) mass is 508 g/mol. The zero-order valence-electron chi connectivity index (χ0n) is 21.2. The molecule has 0 aliphatic carbocycles. The molecule has 1 aliphatic rings. The second-order valence-corrected chi connectivity index (χ2v) is 9.26. The number of carbonyl (C=O) groups is 3. The van der Waals surface area contributed by atoms with Crippen molar-refractivity contribution in [2.24, 2.45) is 5.92 Å². The minimum Gasteiger partial charge on any atom is -0.489 e. The van der Waals surface area contributed by atoms with Crippen LogP contribution in [0.25, 0.3) is 0 Å². The van der Waals surface area contributed by atoms with E-state index in [0.29, 0.717) is 25.9 Å². The first-order valence-corrected chi connectivity index (χ1v) is 12.7. The van der Waals surface area contributed by atoms with Crippen LogP contribution in [-0.2, 0) is 32.1 Å². The van der Waals surface area contributed by atoms with Crippen LogP contribution < -0.4 is 15.4 Å². The van der Waals surface area contributed by atoms with Gasteiger partial charge in [-0.2, -0.15) is 0 Å². The van der Waals surface area contributed by atoms with Gasteiger partial charge in [-0.1, -0.05) is 54.6 Å². The second-order valence-electron chi connectivity index (χ2n) is 9.26. The molecule has 8 heteroatoms. The van der Waals surface area contributed by atoms with E-state index in [9.17, 15) is 19.5 Å². The van der Waals surface area contributed by atoms with Crippen LogP contribution >= 0.6 is 0 Å². The highest BCUT2D eigenvalue weighted by Crippen LogP contribution is 2.16. The molecule has 0 saturated heterocycles. The molecule has 37 heavy (non-hydrogen) atoms. The van der Waals surface area contributed by atoms with Gasteiger partial charge >= 0.3 is 5.97 Å². The lowest BCUT2D eigenvalue weighted by atomic mass is 9.98. The van der Waals surface area contributed by atoms with Gasteiger partial charge in [0.25, 0.3) is 0 Å². The standard InChI is InChI=1S/C29H36N2O6/c1-21-18-30-29(35)24(10-6-3-7-11-28(34)37-21)17-27(33)31-25(19-32)16-22-12-14-26(15-13-22)36-20-23-8-4-2-5-9-23/h2-6,8-9,12-15,21,24-25,32H,7,10-11,16-20H2,1H3,(H,30,35)(H,31,33). The predicted molar refractivity (Wildman–Crippen MR) is 140 cm³/mol. The highest BCUT2D eigenvalue weighted by atomic mass is 16.5. The van der Waals surface area contributed by atoms with Crippen LogP contribution in [0.5, 0.6) is 5.75 Å². The number of allylic oxidation sites excluding steroid dienone is 2. The number of ether oxygens (including phenoxy) is 2. The summed E-state index contributed by atoms with van der Waals surface area (Å²) in [5, 5.41) is 15.5. The smallest absolute Gasteiger partial charge is 0.306 e. The Balaban J connectivity index is 1.51. The first-order valence-electron chi connectivity index (χ1n) is 12.7. The molecule has 1 aliphatic heterocycles. The summed E-state index contributed by atoms with van der Waals surface area (Å²) in [6.45, 7) is 2.16. The average Bonchev–Trinajstić information content (AvgIpc) is 2.90. The Labute approximate surface area is 218 Å². The number of rotatable bonds is 9. The molecule has 3 rings (SSSR count). The van der Waals surface area contributed by atoms with Crippen LogP contribution in [-0.4, -0.2) is 48.2 Å². The highest BCUT2D eigenvalue weighted by molar-refractivity contribution is 5.86. The van der Waals surface area contributed by atoms with Gasteiger partial charge in [0.2, 0.25) is 11.8 Å². The lowest BCUT2D eigenvalue weighted by Gasteiger charge is -2.21. The van der Waals surface area contributed by atoms with Crippen molar-refractivity contribution in [1.82, 2.24) is 10.6 Å². The minimum atomic E-state index is -0.557. The topological polar surface area (TPSA) is 114 Å². The largest absolute Gasteiger partial charge is 0.489 e. The molecular weight excluding hydrogens is 472 g/mol. The number of nitrogens with one attached hydrogen (secondary N) is 2. The maximum Gasteiger partial charge on any atom is 0.306 e. The molecule has 2 aromatic carbocycles.